The van der Waals surface area contributed by atoms with Gasteiger partial charge in [-0.2, -0.15) is 0 Å². The number of para-hydroxylation sites is 1. The number of anilines is 1. The molecule has 3 N–H and O–H groups in total. The molecule has 0 atom stereocenters. The highest BCUT2D eigenvalue weighted by molar-refractivity contribution is 6.14. The molecule has 124 valence electrons. The number of nitrogens with two attached hydrogens (primary N) is 1. The molecule has 4 amide bonds. The highest BCUT2D eigenvalue weighted by atomic mass is 16.5. The zero-order chi connectivity index (χ0) is 17.7. The molecule has 0 bridgehead atoms. The zero-order valence-electron chi connectivity index (χ0n) is 13.3. The van der Waals surface area contributed by atoms with Crippen LogP contribution in [0.3, 0.4) is 0 Å². The quantitative estimate of drug-likeness (QED) is 0.842. The van der Waals surface area contributed by atoms with Crippen LogP contribution < -0.4 is 15.8 Å². The standard InChI is InChI=1S/C17H17N3O4/c1-20(16(18)22)17(23)19-14-6-4-3-5-13(14)15(21)11-7-9-12(24-2)10-8-11/h3-10H,1-2H3,(H2,18,22)(H,19,23). The molecule has 0 fully saturated rings. The molecule has 0 radical (unpaired) electrons. The van der Waals surface area contributed by atoms with Gasteiger partial charge < -0.3 is 15.8 Å². The highest BCUT2D eigenvalue weighted by Gasteiger charge is 2.18. The smallest absolute Gasteiger partial charge is 0.329 e. The fraction of sp³-hybridized carbons (Fsp3) is 0.118. The summed E-state index contributed by atoms with van der Waals surface area (Å²) < 4.78 is 5.06. The predicted molar refractivity (Wildman–Crippen MR) is 89.2 cm³/mol. The lowest BCUT2D eigenvalue weighted by Crippen LogP contribution is -2.40. The molecule has 2 aromatic rings. The molecule has 2 aromatic carbocycles. The van der Waals surface area contributed by atoms with Gasteiger partial charge in [-0.15, -0.1) is 0 Å². The van der Waals surface area contributed by atoms with Gasteiger partial charge in [0.2, 0.25) is 0 Å². The minimum Gasteiger partial charge on any atom is -0.497 e. The van der Waals surface area contributed by atoms with E-state index >= 15 is 0 Å². The van der Waals surface area contributed by atoms with Gasteiger partial charge in [-0.3, -0.25) is 4.79 Å². The Morgan fingerprint density at radius 2 is 1.67 bits per heavy atom. The molecular formula is C17H17N3O4. The second kappa shape index (κ2) is 7.28. The number of hydrogen-bond donors (Lipinski definition) is 2. The van der Waals surface area contributed by atoms with Gasteiger partial charge in [-0.1, -0.05) is 12.1 Å². The first kappa shape index (κ1) is 17.0. The lowest BCUT2D eigenvalue weighted by Gasteiger charge is -2.15. The summed E-state index contributed by atoms with van der Waals surface area (Å²) in [5, 5.41) is 2.51. The molecule has 0 aromatic heterocycles. The number of benzene rings is 2. The van der Waals surface area contributed by atoms with Gasteiger partial charge in [0.1, 0.15) is 5.75 Å². The number of carbonyl (C=O) groups is 3. The molecule has 0 heterocycles. The van der Waals surface area contributed by atoms with E-state index in [2.05, 4.69) is 5.32 Å². The maximum atomic E-state index is 12.7. The summed E-state index contributed by atoms with van der Waals surface area (Å²) in [6, 6.07) is 11.5. The number of urea groups is 2. The summed E-state index contributed by atoms with van der Waals surface area (Å²) in [7, 11) is 2.78. The van der Waals surface area contributed by atoms with Crippen LogP contribution in [0.1, 0.15) is 15.9 Å². The molecule has 7 nitrogen and oxygen atoms in total. The summed E-state index contributed by atoms with van der Waals surface area (Å²) in [5.41, 5.74) is 6.09. The summed E-state index contributed by atoms with van der Waals surface area (Å²) in [5.74, 6) is 0.367. The van der Waals surface area contributed by atoms with Crippen molar-refractivity contribution >= 4 is 23.5 Å². The molecular weight excluding hydrogens is 310 g/mol. The number of methoxy groups -OCH3 is 1. The van der Waals surface area contributed by atoms with Crippen molar-refractivity contribution in [2.24, 2.45) is 5.73 Å². The number of ketones is 1. The van der Waals surface area contributed by atoms with Gasteiger partial charge in [-0.05, 0) is 36.4 Å². The number of ether oxygens (including phenoxy) is 1. The zero-order valence-corrected chi connectivity index (χ0v) is 13.3. The van der Waals surface area contributed by atoms with E-state index in [-0.39, 0.29) is 11.5 Å². The Kier molecular flexibility index (Phi) is 5.16. The van der Waals surface area contributed by atoms with Crippen LogP contribution in [0, 0.1) is 0 Å². The first-order valence-electron chi connectivity index (χ1n) is 7.06. The van der Waals surface area contributed by atoms with Crippen molar-refractivity contribution in [2.75, 3.05) is 19.5 Å². The summed E-state index contributed by atoms with van der Waals surface area (Å²) in [6.07, 6.45) is 0. The Morgan fingerprint density at radius 3 is 2.25 bits per heavy atom. The van der Waals surface area contributed by atoms with Gasteiger partial charge >= 0.3 is 12.1 Å². The van der Waals surface area contributed by atoms with E-state index in [0.717, 1.165) is 0 Å². The third kappa shape index (κ3) is 3.70. The van der Waals surface area contributed by atoms with Gasteiger partial charge in [0.05, 0.1) is 12.8 Å². The first-order chi connectivity index (χ1) is 11.4. The summed E-state index contributed by atoms with van der Waals surface area (Å²) in [6.45, 7) is 0. The lowest BCUT2D eigenvalue weighted by molar-refractivity contribution is 0.103. The molecule has 0 aliphatic rings. The van der Waals surface area contributed by atoms with Gasteiger partial charge in [0, 0.05) is 18.2 Å². The Balaban J connectivity index is 2.29. The second-order valence-electron chi connectivity index (χ2n) is 4.93. The monoisotopic (exact) mass is 327 g/mol. The van der Waals surface area contributed by atoms with Crippen LogP contribution in [-0.2, 0) is 0 Å². The molecule has 0 saturated carbocycles. The molecule has 0 aliphatic carbocycles. The molecule has 0 aliphatic heterocycles. The highest BCUT2D eigenvalue weighted by Crippen LogP contribution is 2.21. The van der Waals surface area contributed by atoms with Crippen molar-refractivity contribution in [2.45, 2.75) is 0 Å². The Bertz CT molecular complexity index is 772. The number of nitrogens with zero attached hydrogens (tertiary/aromatic N) is 1. The van der Waals surface area contributed by atoms with Crippen molar-refractivity contribution in [1.82, 2.24) is 4.90 Å². The van der Waals surface area contributed by atoms with Crippen molar-refractivity contribution in [3.05, 3.63) is 59.7 Å². The van der Waals surface area contributed by atoms with E-state index in [1.807, 2.05) is 0 Å². The van der Waals surface area contributed by atoms with Crippen molar-refractivity contribution in [3.63, 3.8) is 0 Å². The van der Waals surface area contributed by atoms with Crippen LogP contribution in [0.15, 0.2) is 48.5 Å². The van der Waals surface area contributed by atoms with E-state index in [4.69, 9.17) is 10.5 Å². The fourth-order valence-electron chi connectivity index (χ4n) is 1.99. The number of amides is 4. The molecule has 0 spiro atoms. The van der Waals surface area contributed by atoms with E-state index < -0.39 is 12.1 Å². The average molecular weight is 327 g/mol. The van der Waals surface area contributed by atoms with Gasteiger partial charge in [-0.25, -0.2) is 14.5 Å². The minimum absolute atomic E-state index is 0.268. The van der Waals surface area contributed by atoms with E-state index in [0.29, 0.717) is 21.8 Å². The van der Waals surface area contributed by atoms with Crippen molar-refractivity contribution in [1.29, 1.82) is 0 Å². The van der Waals surface area contributed by atoms with Crippen molar-refractivity contribution < 1.29 is 19.1 Å². The van der Waals surface area contributed by atoms with Crippen molar-refractivity contribution in [3.8, 4) is 5.75 Å². The third-order valence-corrected chi connectivity index (χ3v) is 3.40. The summed E-state index contributed by atoms with van der Waals surface area (Å²) >= 11 is 0. The lowest BCUT2D eigenvalue weighted by atomic mass is 10.0. The molecule has 0 saturated heterocycles. The third-order valence-electron chi connectivity index (χ3n) is 3.40. The predicted octanol–water partition coefficient (Wildman–Crippen LogP) is 2.47. The number of imide groups is 1. The maximum Gasteiger partial charge on any atom is 0.329 e. The van der Waals surface area contributed by atoms with Crippen LogP contribution in [0.4, 0.5) is 15.3 Å². The average Bonchev–Trinajstić information content (AvgIpc) is 2.60. The molecule has 2 rings (SSSR count). The van der Waals surface area contributed by atoms with Crippen LogP contribution in [0.2, 0.25) is 0 Å². The topological polar surface area (TPSA) is 102 Å². The fourth-order valence-corrected chi connectivity index (χ4v) is 1.99. The normalized spacial score (nSPS) is 9.92. The van der Waals surface area contributed by atoms with Gasteiger partial charge in [0.15, 0.2) is 5.78 Å². The number of carbonyl (C=O) groups excluding carboxylic acids is 3. The van der Waals surface area contributed by atoms with E-state index in [9.17, 15) is 14.4 Å². The SMILES string of the molecule is COc1ccc(C(=O)c2ccccc2NC(=O)N(C)C(N)=O)cc1. The minimum atomic E-state index is -0.897. The molecule has 7 heteroatoms. The Morgan fingerprint density at radius 1 is 1.04 bits per heavy atom. The Labute approximate surface area is 139 Å². The summed E-state index contributed by atoms with van der Waals surface area (Å²) in [4.78, 5) is 36.3. The van der Waals surface area contributed by atoms with E-state index in [1.165, 1.54) is 14.2 Å². The maximum absolute atomic E-state index is 12.7. The molecule has 24 heavy (non-hydrogen) atoms. The van der Waals surface area contributed by atoms with Crippen LogP contribution in [0.5, 0.6) is 5.75 Å². The molecule has 0 unspecified atom stereocenters. The van der Waals surface area contributed by atoms with Gasteiger partial charge in [0.25, 0.3) is 0 Å². The second-order valence-corrected chi connectivity index (χ2v) is 4.93. The number of rotatable bonds is 4. The first-order valence-corrected chi connectivity index (χ1v) is 7.06. The van der Waals surface area contributed by atoms with Crippen LogP contribution in [-0.4, -0.2) is 36.9 Å². The number of nitrogens with one attached hydrogen (secondary N) is 1. The van der Waals surface area contributed by atoms with Crippen LogP contribution >= 0.6 is 0 Å². The Hall–Kier alpha value is -3.35. The largest absolute Gasteiger partial charge is 0.497 e. The van der Waals surface area contributed by atoms with E-state index in [1.54, 1.807) is 48.5 Å². The van der Waals surface area contributed by atoms with Crippen LogP contribution in [0.25, 0.3) is 0 Å². The number of hydrogen-bond acceptors (Lipinski definition) is 4. The number of primary amides is 1.